The van der Waals surface area contributed by atoms with Gasteiger partial charge in [0.15, 0.2) is 11.3 Å². The van der Waals surface area contributed by atoms with Crippen molar-refractivity contribution in [3.05, 3.63) is 45.8 Å². The molecule has 8 nitrogen and oxygen atoms in total. The van der Waals surface area contributed by atoms with E-state index in [2.05, 4.69) is 0 Å². The minimum Gasteiger partial charge on any atom is -0.456 e. The first-order valence-corrected chi connectivity index (χ1v) is 8.06. The number of carbonyl (C=O) groups excluding carboxylic acids is 2. The van der Waals surface area contributed by atoms with E-state index in [9.17, 15) is 19.7 Å². The van der Waals surface area contributed by atoms with Crippen LogP contribution in [0.3, 0.4) is 0 Å². The Balaban J connectivity index is 2.79. The van der Waals surface area contributed by atoms with Crippen molar-refractivity contribution < 1.29 is 24.0 Å². The molecule has 2 aromatic rings. The standard InChI is InChI=1S/C18H22N2O6/c1-17(2,3)25-15(21)12-13(20(23)24)11-9-7-8-10-19(11)14(12)16(22)26-18(4,5)6/h7-10H,1-6H3. The Labute approximate surface area is 150 Å². The molecule has 0 saturated heterocycles. The van der Waals surface area contributed by atoms with Crippen LogP contribution in [0.2, 0.25) is 0 Å². The molecule has 2 aromatic heterocycles. The van der Waals surface area contributed by atoms with Gasteiger partial charge in [-0.05, 0) is 53.7 Å². The molecule has 0 atom stereocenters. The average molecular weight is 362 g/mol. The second kappa shape index (κ2) is 6.44. The monoisotopic (exact) mass is 362 g/mol. The van der Waals surface area contributed by atoms with Gasteiger partial charge in [-0.1, -0.05) is 6.07 Å². The summed E-state index contributed by atoms with van der Waals surface area (Å²) in [5.74, 6) is -1.79. The van der Waals surface area contributed by atoms with E-state index in [1.54, 1.807) is 53.7 Å². The number of fused-ring (bicyclic) bond motifs is 1. The molecule has 140 valence electrons. The van der Waals surface area contributed by atoms with Crippen molar-refractivity contribution in [2.45, 2.75) is 52.7 Å². The third kappa shape index (κ3) is 4.01. The number of nitrogens with zero attached hydrogens (tertiary/aromatic N) is 2. The van der Waals surface area contributed by atoms with Crippen molar-refractivity contribution in [2.24, 2.45) is 0 Å². The molecule has 0 radical (unpaired) electrons. The van der Waals surface area contributed by atoms with Crippen LogP contribution in [0.5, 0.6) is 0 Å². The molecule has 0 aliphatic heterocycles. The quantitative estimate of drug-likeness (QED) is 0.468. The van der Waals surface area contributed by atoms with Gasteiger partial charge in [0.1, 0.15) is 16.7 Å². The van der Waals surface area contributed by atoms with Crippen molar-refractivity contribution in [3.63, 3.8) is 0 Å². The Bertz CT molecular complexity index is 883. The molecule has 0 spiro atoms. The van der Waals surface area contributed by atoms with E-state index in [0.29, 0.717) is 0 Å². The molecule has 0 aromatic carbocycles. The first-order valence-electron chi connectivity index (χ1n) is 8.06. The van der Waals surface area contributed by atoms with E-state index >= 15 is 0 Å². The van der Waals surface area contributed by atoms with Gasteiger partial charge in [-0.15, -0.1) is 0 Å². The maximum atomic E-state index is 12.7. The Kier molecular flexibility index (Phi) is 4.81. The third-order valence-corrected chi connectivity index (χ3v) is 3.19. The molecular weight excluding hydrogens is 340 g/mol. The molecule has 0 aliphatic rings. The van der Waals surface area contributed by atoms with Gasteiger partial charge in [0.25, 0.3) is 0 Å². The lowest BCUT2D eigenvalue weighted by molar-refractivity contribution is -0.383. The molecule has 0 saturated carbocycles. The largest absolute Gasteiger partial charge is 0.456 e. The lowest BCUT2D eigenvalue weighted by atomic mass is 10.1. The zero-order valence-electron chi connectivity index (χ0n) is 15.7. The molecule has 0 N–H and O–H groups in total. The lowest BCUT2D eigenvalue weighted by Crippen LogP contribution is -2.28. The van der Waals surface area contributed by atoms with E-state index in [1.807, 2.05) is 0 Å². The molecule has 0 bridgehead atoms. The number of hydrogen-bond donors (Lipinski definition) is 0. The molecule has 0 fully saturated rings. The number of pyridine rings is 1. The lowest BCUT2D eigenvalue weighted by Gasteiger charge is -2.21. The summed E-state index contributed by atoms with van der Waals surface area (Å²) >= 11 is 0. The minimum atomic E-state index is -0.950. The Morgan fingerprint density at radius 3 is 2.04 bits per heavy atom. The highest BCUT2D eigenvalue weighted by atomic mass is 16.6. The molecule has 26 heavy (non-hydrogen) atoms. The maximum Gasteiger partial charge on any atom is 0.357 e. The number of nitro groups is 1. The summed E-state index contributed by atoms with van der Waals surface area (Å²) in [6, 6.07) is 4.64. The van der Waals surface area contributed by atoms with Crippen LogP contribution in [0, 0.1) is 10.1 Å². The van der Waals surface area contributed by atoms with E-state index in [0.717, 1.165) is 0 Å². The molecular formula is C18H22N2O6. The fourth-order valence-electron chi connectivity index (χ4n) is 2.43. The first kappa shape index (κ1) is 19.4. The van der Waals surface area contributed by atoms with Crippen LogP contribution in [0.15, 0.2) is 24.4 Å². The number of esters is 2. The second-order valence-corrected chi connectivity index (χ2v) is 7.79. The number of ether oxygens (including phenoxy) is 2. The predicted octanol–water partition coefficient (Wildman–Crippen LogP) is 3.76. The summed E-state index contributed by atoms with van der Waals surface area (Å²) in [7, 11) is 0. The van der Waals surface area contributed by atoms with Gasteiger partial charge in [0.05, 0.1) is 4.92 Å². The normalized spacial score (nSPS) is 12.1. The van der Waals surface area contributed by atoms with Gasteiger partial charge in [0, 0.05) is 6.20 Å². The van der Waals surface area contributed by atoms with Crippen molar-refractivity contribution in [2.75, 3.05) is 0 Å². The third-order valence-electron chi connectivity index (χ3n) is 3.19. The summed E-state index contributed by atoms with van der Waals surface area (Å²) in [5.41, 5.74) is -2.73. The van der Waals surface area contributed by atoms with Crippen LogP contribution < -0.4 is 0 Å². The maximum absolute atomic E-state index is 12.7. The molecule has 0 aliphatic carbocycles. The van der Waals surface area contributed by atoms with Crippen LogP contribution >= 0.6 is 0 Å². The zero-order chi connectivity index (χ0) is 19.9. The summed E-state index contributed by atoms with van der Waals surface area (Å²) in [4.78, 5) is 36.4. The highest BCUT2D eigenvalue weighted by molar-refractivity contribution is 6.09. The van der Waals surface area contributed by atoms with Gasteiger partial charge in [-0.25, -0.2) is 9.59 Å². The number of carbonyl (C=O) groups is 2. The van der Waals surface area contributed by atoms with Crippen molar-refractivity contribution in [1.29, 1.82) is 0 Å². The van der Waals surface area contributed by atoms with Crippen LogP contribution in [-0.4, -0.2) is 32.5 Å². The predicted molar refractivity (Wildman–Crippen MR) is 94.4 cm³/mol. The number of aromatic nitrogens is 1. The van der Waals surface area contributed by atoms with Crippen molar-refractivity contribution >= 4 is 23.1 Å². The Morgan fingerprint density at radius 2 is 1.54 bits per heavy atom. The number of hydrogen-bond acceptors (Lipinski definition) is 6. The highest BCUT2D eigenvalue weighted by Crippen LogP contribution is 2.33. The number of rotatable bonds is 3. The van der Waals surface area contributed by atoms with Crippen LogP contribution in [-0.2, 0) is 9.47 Å². The smallest absolute Gasteiger partial charge is 0.357 e. The van der Waals surface area contributed by atoms with Gasteiger partial charge >= 0.3 is 17.6 Å². The van der Waals surface area contributed by atoms with Gasteiger partial charge in [-0.2, -0.15) is 0 Å². The SMILES string of the molecule is CC(C)(C)OC(=O)c1c([N+](=O)[O-])c2ccccn2c1C(=O)OC(C)(C)C. The van der Waals surface area contributed by atoms with Gasteiger partial charge in [0.2, 0.25) is 0 Å². The van der Waals surface area contributed by atoms with E-state index in [-0.39, 0.29) is 11.2 Å². The van der Waals surface area contributed by atoms with Gasteiger partial charge < -0.3 is 13.9 Å². The summed E-state index contributed by atoms with van der Waals surface area (Å²) < 4.78 is 11.9. The second-order valence-electron chi connectivity index (χ2n) is 7.79. The molecule has 2 rings (SSSR count). The van der Waals surface area contributed by atoms with E-state index in [4.69, 9.17) is 9.47 Å². The Hall–Kier alpha value is -2.90. The fraction of sp³-hybridized carbons (Fsp3) is 0.444. The van der Waals surface area contributed by atoms with Crippen LogP contribution in [0.4, 0.5) is 5.69 Å². The van der Waals surface area contributed by atoms with Crippen molar-refractivity contribution in [3.8, 4) is 0 Å². The summed E-state index contributed by atoms with van der Waals surface area (Å²) in [6.07, 6.45) is 1.47. The van der Waals surface area contributed by atoms with E-state index in [1.165, 1.54) is 16.7 Å². The fourth-order valence-corrected chi connectivity index (χ4v) is 2.43. The van der Waals surface area contributed by atoms with E-state index < -0.39 is 39.3 Å². The zero-order valence-corrected chi connectivity index (χ0v) is 15.7. The Morgan fingerprint density at radius 1 is 1.00 bits per heavy atom. The first-order chi connectivity index (χ1) is 11.8. The van der Waals surface area contributed by atoms with Crippen LogP contribution in [0.25, 0.3) is 5.52 Å². The minimum absolute atomic E-state index is 0.110. The van der Waals surface area contributed by atoms with Crippen LogP contribution in [0.1, 0.15) is 62.4 Å². The molecule has 0 unspecified atom stereocenters. The topological polar surface area (TPSA) is 100 Å². The summed E-state index contributed by atoms with van der Waals surface area (Å²) in [5, 5.41) is 11.7. The molecule has 2 heterocycles. The average Bonchev–Trinajstić information content (AvgIpc) is 2.78. The molecule has 8 heteroatoms. The van der Waals surface area contributed by atoms with Gasteiger partial charge in [-0.3, -0.25) is 10.1 Å². The summed E-state index contributed by atoms with van der Waals surface area (Å²) in [6.45, 7) is 9.92. The highest BCUT2D eigenvalue weighted by Gasteiger charge is 2.38. The molecule has 0 amide bonds. The van der Waals surface area contributed by atoms with Crippen molar-refractivity contribution in [1.82, 2.24) is 4.40 Å².